The average Bonchev–Trinajstić information content (AvgIpc) is 3.91. The number of fused-ring (bicyclic) bond motifs is 3. The van der Waals surface area contributed by atoms with E-state index in [9.17, 15) is 34.6 Å². The summed E-state index contributed by atoms with van der Waals surface area (Å²) in [5, 5.41) is 26.3. The van der Waals surface area contributed by atoms with Crippen LogP contribution < -0.4 is 21.4 Å². The average molecular weight is 1020 g/mol. The molecule has 4 aromatic heterocycles. The van der Waals surface area contributed by atoms with Gasteiger partial charge in [-0.2, -0.15) is 0 Å². The monoisotopic (exact) mass is 1020 g/mol. The van der Waals surface area contributed by atoms with Crippen molar-refractivity contribution in [3.63, 3.8) is 0 Å². The van der Waals surface area contributed by atoms with Crippen LogP contribution in [-0.4, -0.2) is 44.5 Å². The van der Waals surface area contributed by atoms with Gasteiger partial charge in [0.25, 0.3) is 16.7 Å². The minimum Gasteiger partial charge on any atom is -0.497 e. The Labute approximate surface area is 433 Å². The van der Waals surface area contributed by atoms with Gasteiger partial charge >= 0.3 is 11.4 Å². The van der Waals surface area contributed by atoms with Gasteiger partial charge in [0.05, 0.1) is 49.9 Å². The molecule has 0 aliphatic rings. The minimum absolute atomic E-state index is 0. The summed E-state index contributed by atoms with van der Waals surface area (Å²) >= 11 is 0. The highest BCUT2D eigenvalue weighted by Crippen LogP contribution is 2.36. The lowest BCUT2D eigenvalue weighted by Gasteiger charge is -2.15. The van der Waals surface area contributed by atoms with Crippen molar-refractivity contribution in [1.29, 1.82) is 0 Å². The van der Waals surface area contributed by atoms with Crippen molar-refractivity contribution < 1.29 is 14.6 Å². The maximum atomic E-state index is 12.7. The molecule has 3 N–H and O–H groups in total. The normalized spacial score (nSPS) is 10.8. The first-order valence-corrected chi connectivity index (χ1v) is 27.1. The second-order valence-corrected chi connectivity index (χ2v) is 23.7. The summed E-state index contributed by atoms with van der Waals surface area (Å²) in [5.41, 5.74) is 11.5. The Bertz CT molecular complexity index is 4030. The van der Waals surface area contributed by atoms with Gasteiger partial charge in [0.1, 0.15) is 25.2 Å². The Kier molecular flexibility index (Phi) is 15.8. The highest BCUT2D eigenvalue weighted by molar-refractivity contribution is 6.83. The SMILES string of the molecule is C.COc1ccc(-c2[nH]c(=O)c3cc(C)ccc3c2-n2cccc2)cc1.Cc1ccc(-c2[nH]c(=O)c3cc(C)ccc3c2[N+](=O)[O-])cc1.Cc1ccc2c([N+](=O)[O-])c(-c3ccc(C#C[Si](C)(C)C)cc3)[nH]c(=O)c2c1. The van der Waals surface area contributed by atoms with Crippen LogP contribution in [0.5, 0.6) is 5.75 Å². The molecular weight excluding hydrogens is 961 g/mol. The van der Waals surface area contributed by atoms with Crippen molar-refractivity contribution in [1.82, 2.24) is 19.5 Å². The predicted molar refractivity (Wildman–Crippen MR) is 305 cm³/mol. The number of aryl methyl sites for hydroxylation is 4. The lowest BCUT2D eigenvalue weighted by atomic mass is 10.0. The number of nitrogens with zero attached hydrogens (tertiary/aromatic N) is 3. The lowest BCUT2D eigenvalue weighted by molar-refractivity contribution is -0.382. The number of nitrogens with one attached hydrogen (secondary N) is 3. The molecule has 4 heterocycles. The van der Waals surface area contributed by atoms with Gasteiger partial charge in [-0.1, -0.05) is 116 Å². The third kappa shape index (κ3) is 11.8. The fourth-order valence-electron chi connectivity index (χ4n) is 8.50. The van der Waals surface area contributed by atoms with Crippen molar-refractivity contribution in [2.75, 3.05) is 7.11 Å². The van der Waals surface area contributed by atoms with E-state index >= 15 is 0 Å². The fraction of sp³-hybridized carbons (Fsp3) is 0.150. The van der Waals surface area contributed by atoms with Gasteiger partial charge < -0.3 is 24.3 Å². The van der Waals surface area contributed by atoms with E-state index in [1.807, 2.05) is 124 Å². The van der Waals surface area contributed by atoms with Crippen LogP contribution in [0.3, 0.4) is 0 Å². The number of pyridine rings is 3. The fourth-order valence-corrected chi connectivity index (χ4v) is 9.02. The van der Waals surface area contributed by atoms with E-state index in [1.54, 1.807) is 67.8 Å². The standard InChI is InChI=1S/C21H20N2O3Si.C21H18N2O2.C17H14N2O3.CH4/c1-14-5-10-17-18(13-14)21(24)22-19(20(17)23(25)26)16-8-6-15(7-9-16)11-12-27(2,3)4;1-14-5-10-17-18(13-14)21(24)22-19(20(17)23-11-3-4-12-23)15-6-8-16(25-2)9-7-15;1-10-3-6-12(7-4-10)15-16(19(21)22)13-8-5-11(2)9-14(13)17(20)18-15;/h5-10,13H,1-4H3,(H,22,24);3-13H,1-2H3,(H,22,24);3-9H,1-2H3,(H,18,20);1H4. The summed E-state index contributed by atoms with van der Waals surface area (Å²) in [5.74, 6) is 3.94. The smallest absolute Gasteiger partial charge is 0.301 e. The molecule has 378 valence electrons. The van der Waals surface area contributed by atoms with Crippen LogP contribution in [0.25, 0.3) is 71.8 Å². The van der Waals surface area contributed by atoms with Gasteiger partial charge in [-0.3, -0.25) is 34.6 Å². The second-order valence-electron chi connectivity index (χ2n) is 19.0. The van der Waals surface area contributed by atoms with Crippen LogP contribution in [0.15, 0.2) is 166 Å². The van der Waals surface area contributed by atoms with E-state index in [2.05, 4.69) is 46.1 Å². The maximum absolute atomic E-state index is 12.7. The van der Waals surface area contributed by atoms with Gasteiger partial charge in [-0.05, 0) is 107 Å². The van der Waals surface area contributed by atoms with Crippen LogP contribution in [0.2, 0.25) is 19.6 Å². The van der Waals surface area contributed by atoms with Crippen LogP contribution >= 0.6 is 0 Å². The Morgan fingerprint density at radius 3 is 1.31 bits per heavy atom. The molecule has 0 fully saturated rings. The molecule has 6 aromatic carbocycles. The Balaban J connectivity index is 0.000000164. The highest BCUT2D eigenvalue weighted by atomic mass is 28.3. The van der Waals surface area contributed by atoms with Gasteiger partial charge in [-0.15, -0.1) is 5.54 Å². The summed E-state index contributed by atoms with van der Waals surface area (Å²) in [6.45, 7) is 14.1. The van der Waals surface area contributed by atoms with Crippen molar-refractivity contribution in [2.24, 2.45) is 0 Å². The van der Waals surface area contributed by atoms with Crippen molar-refractivity contribution >= 4 is 51.8 Å². The molecule has 0 spiro atoms. The van der Waals surface area contributed by atoms with Gasteiger partial charge in [0.15, 0.2) is 0 Å². The maximum Gasteiger partial charge on any atom is 0.301 e. The Hall–Kier alpha value is -9.39. The summed E-state index contributed by atoms with van der Waals surface area (Å²) in [6, 6.07) is 42.2. The molecule has 0 amide bonds. The summed E-state index contributed by atoms with van der Waals surface area (Å²) in [4.78, 5) is 68.3. The van der Waals surface area contributed by atoms with E-state index in [1.165, 1.54) is 0 Å². The largest absolute Gasteiger partial charge is 0.497 e. The molecule has 0 aliphatic carbocycles. The first-order chi connectivity index (χ1) is 35.3. The zero-order valence-electron chi connectivity index (χ0n) is 42.0. The zero-order valence-corrected chi connectivity index (χ0v) is 43.0. The van der Waals surface area contributed by atoms with Crippen LogP contribution in [0, 0.1) is 59.4 Å². The van der Waals surface area contributed by atoms with Crippen molar-refractivity contribution in [3.05, 3.63) is 231 Å². The molecule has 10 rings (SSSR count). The molecule has 0 aliphatic heterocycles. The topological polar surface area (TPSA) is 199 Å². The molecule has 0 radical (unpaired) electrons. The van der Waals surface area contributed by atoms with Crippen LogP contribution in [0.1, 0.15) is 35.2 Å². The molecule has 0 saturated carbocycles. The number of hydrogen-bond donors (Lipinski definition) is 3. The van der Waals surface area contributed by atoms with Gasteiger partial charge in [0, 0.05) is 45.4 Å². The molecule has 14 nitrogen and oxygen atoms in total. The quantitative estimate of drug-likeness (QED) is 0.0606. The van der Waals surface area contributed by atoms with Gasteiger partial charge in [-0.25, -0.2) is 0 Å². The molecule has 0 unspecified atom stereocenters. The number of nitro groups is 2. The molecule has 0 bridgehead atoms. The van der Waals surface area contributed by atoms with Crippen LogP contribution in [0.4, 0.5) is 11.4 Å². The number of ether oxygens (including phenoxy) is 1. The summed E-state index contributed by atoms with van der Waals surface area (Å²) in [6.07, 6.45) is 3.97. The van der Waals surface area contributed by atoms with E-state index < -0.39 is 17.9 Å². The van der Waals surface area contributed by atoms with Crippen LogP contribution in [-0.2, 0) is 0 Å². The number of benzene rings is 6. The number of aromatic nitrogens is 4. The van der Waals surface area contributed by atoms with E-state index in [0.717, 1.165) is 55.9 Å². The first kappa shape index (κ1) is 53.4. The summed E-state index contributed by atoms with van der Waals surface area (Å²) in [7, 11) is 0.157. The van der Waals surface area contributed by atoms with Gasteiger partial charge in [0.2, 0.25) is 0 Å². The van der Waals surface area contributed by atoms with E-state index in [4.69, 9.17) is 4.74 Å². The molecule has 0 atom stereocenters. The second kappa shape index (κ2) is 22.2. The predicted octanol–water partition coefficient (Wildman–Crippen LogP) is 13.3. The third-order valence-corrected chi connectivity index (χ3v) is 13.0. The van der Waals surface area contributed by atoms with E-state index in [-0.39, 0.29) is 46.9 Å². The zero-order chi connectivity index (χ0) is 53.0. The molecule has 75 heavy (non-hydrogen) atoms. The molecule has 0 saturated heterocycles. The Morgan fingerprint density at radius 2 is 0.880 bits per heavy atom. The molecule has 15 heteroatoms. The van der Waals surface area contributed by atoms with E-state index in [0.29, 0.717) is 38.1 Å². The number of hydrogen-bond acceptors (Lipinski definition) is 8. The van der Waals surface area contributed by atoms with Crippen molar-refractivity contribution in [2.45, 2.75) is 54.8 Å². The minimum atomic E-state index is -1.48. The summed E-state index contributed by atoms with van der Waals surface area (Å²) < 4.78 is 7.27. The molecular formula is C60H56N6O8Si. The number of aromatic amines is 3. The number of methoxy groups -OCH3 is 1. The Morgan fingerprint density at radius 1 is 0.507 bits per heavy atom. The number of rotatable bonds is 7. The first-order valence-electron chi connectivity index (χ1n) is 23.6. The molecule has 10 aromatic rings. The highest BCUT2D eigenvalue weighted by Gasteiger charge is 2.24. The third-order valence-electron chi connectivity index (χ3n) is 12.2. The lowest BCUT2D eigenvalue weighted by Crippen LogP contribution is -2.16. The van der Waals surface area contributed by atoms with Crippen molar-refractivity contribution in [3.8, 4) is 56.7 Å². The number of H-pyrrole nitrogens is 3.